The molecule has 1 aliphatic heterocycles. The van der Waals surface area contributed by atoms with Crippen molar-refractivity contribution in [2.75, 3.05) is 37.7 Å². The van der Waals surface area contributed by atoms with Crippen molar-refractivity contribution in [3.05, 3.63) is 11.9 Å². The van der Waals surface area contributed by atoms with Crippen LogP contribution in [0.25, 0.3) is 0 Å². The first-order valence-electron chi connectivity index (χ1n) is 6.16. The van der Waals surface area contributed by atoms with Crippen molar-refractivity contribution in [1.29, 1.82) is 0 Å². The van der Waals surface area contributed by atoms with Crippen molar-refractivity contribution in [3.63, 3.8) is 0 Å². The van der Waals surface area contributed by atoms with Crippen molar-refractivity contribution in [1.82, 2.24) is 14.9 Å². The van der Waals surface area contributed by atoms with Crippen molar-refractivity contribution in [2.24, 2.45) is 5.92 Å². The zero-order valence-corrected chi connectivity index (χ0v) is 10.6. The maximum absolute atomic E-state index is 5.75. The molecule has 3 N–H and O–H groups in total. The molecule has 0 saturated carbocycles. The third-order valence-corrected chi connectivity index (χ3v) is 3.40. The Hall–Kier alpha value is -1.36. The number of nitrogens with one attached hydrogen (secondary N) is 1. The maximum Gasteiger partial charge on any atom is 0.134 e. The topological polar surface area (TPSA) is 67.1 Å². The van der Waals surface area contributed by atoms with E-state index in [1.165, 1.54) is 25.7 Å². The van der Waals surface area contributed by atoms with E-state index in [2.05, 4.69) is 27.2 Å². The van der Waals surface area contributed by atoms with E-state index in [9.17, 15) is 0 Å². The van der Waals surface area contributed by atoms with Crippen molar-refractivity contribution in [2.45, 2.75) is 19.8 Å². The summed E-state index contributed by atoms with van der Waals surface area (Å²) in [7, 11) is 2.18. The number of anilines is 2. The van der Waals surface area contributed by atoms with E-state index in [1.54, 1.807) is 0 Å². The van der Waals surface area contributed by atoms with Gasteiger partial charge in [0.15, 0.2) is 0 Å². The van der Waals surface area contributed by atoms with Crippen LogP contribution in [0.4, 0.5) is 11.6 Å². The second kappa shape index (κ2) is 5.31. The van der Waals surface area contributed by atoms with Crippen LogP contribution in [-0.2, 0) is 0 Å². The number of aromatic nitrogens is 2. The number of rotatable bonds is 3. The molecule has 17 heavy (non-hydrogen) atoms. The third-order valence-electron chi connectivity index (χ3n) is 3.40. The highest BCUT2D eigenvalue weighted by molar-refractivity contribution is 5.53. The summed E-state index contributed by atoms with van der Waals surface area (Å²) in [5.74, 6) is 2.12. The number of nitrogen functional groups attached to an aromatic ring is 1. The molecule has 1 saturated heterocycles. The Bertz CT molecular complexity index is 379. The van der Waals surface area contributed by atoms with E-state index < -0.39 is 0 Å². The molecular formula is C12H21N5. The predicted octanol–water partition coefficient (Wildman–Crippen LogP) is 1.12. The lowest BCUT2D eigenvalue weighted by Gasteiger charge is -2.29. The Morgan fingerprint density at radius 3 is 3.12 bits per heavy atom. The number of likely N-dealkylation sites (tertiary alicyclic amines) is 1. The van der Waals surface area contributed by atoms with Crippen molar-refractivity contribution in [3.8, 4) is 0 Å². The van der Waals surface area contributed by atoms with Crippen LogP contribution in [0.1, 0.15) is 18.4 Å². The van der Waals surface area contributed by atoms with Gasteiger partial charge in [0.2, 0.25) is 0 Å². The molecule has 0 amide bonds. The van der Waals surface area contributed by atoms with Gasteiger partial charge >= 0.3 is 0 Å². The highest BCUT2D eigenvalue weighted by atomic mass is 15.1. The summed E-state index contributed by atoms with van der Waals surface area (Å²) in [5, 5.41) is 3.39. The van der Waals surface area contributed by atoms with Gasteiger partial charge in [-0.3, -0.25) is 0 Å². The Morgan fingerprint density at radius 1 is 1.53 bits per heavy atom. The second-order valence-electron chi connectivity index (χ2n) is 4.88. The summed E-state index contributed by atoms with van der Waals surface area (Å²) in [4.78, 5) is 10.6. The average Bonchev–Trinajstić information content (AvgIpc) is 2.31. The quantitative estimate of drug-likeness (QED) is 0.822. The van der Waals surface area contributed by atoms with E-state index in [0.29, 0.717) is 11.7 Å². The highest BCUT2D eigenvalue weighted by Gasteiger charge is 2.17. The van der Waals surface area contributed by atoms with Gasteiger partial charge in [0, 0.05) is 18.7 Å². The zero-order chi connectivity index (χ0) is 12.3. The van der Waals surface area contributed by atoms with E-state index in [4.69, 9.17) is 5.73 Å². The number of hydrogen-bond donors (Lipinski definition) is 2. The second-order valence-corrected chi connectivity index (χ2v) is 4.88. The molecule has 1 unspecified atom stereocenters. The number of nitrogens with zero attached hydrogens (tertiary/aromatic N) is 3. The minimum Gasteiger partial charge on any atom is -0.383 e. The van der Waals surface area contributed by atoms with Gasteiger partial charge in [-0.15, -0.1) is 0 Å². The van der Waals surface area contributed by atoms with Crippen LogP contribution < -0.4 is 11.1 Å². The minimum atomic E-state index is 0.559. The molecule has 0 radical (unpaired) electrons. The van der Waals surface area contributed by atoms with Crippen LogP contribution in [-0.4, -0.2) is 41.5 Å². The Labute approximate surface area is 102 Å². The van der Waals surface area contributed by atoms with E-state index in [1.807, 2.05) is 6.92 Å². The molecule has 0 bridgehead atoms. The van der Waals surface area contributed by atoms with Crippen LogP contribution in [0.3, 0.4) is 0 Å². The number of nitrogens with two attached hydrogens (primary N) is 1. The predicted molar refractivity (Wildman–Crippen MR) is 69.9 cm³/mol. The molecule has 1 aromatic rings. The Kier molecular flexibility index (Phi) is 3.78. The lowest BCUT2D eigenvalue weighted by molar-refractivity contribution is 0.217. The fourth-order valence-corrected chi connectivity index (χ4v) is 2.32. The van der Waals surface area contributed by atoms with Gasteiger partial charge in [0.05, 0.1) is 0 Å². The largest absolute Gasteiger partial charge is 0.383 e. The Balaban J connectivity index is 1.91. The van der Waals surface area contributed by atoms with Gasteiger partial charge in [-0.1, -0.05) is 0 Å². The molecule has 2 heterocycles. The molecule has 1 aromatic heterocycles. The summed E-state index contributed by atoms with van der Waals surface area (Å²) in [6.07, 6.45) is 4.09. The SMILES string of the molecule is Cc1c(N)ncnc1NCC1CCCN(C)C1. The van der Waals surface area contributed by atoms with Gasteiger partial charge in [0.1, 0.15) is 18.0 Å². The fourth-order valence-electron chi connectivity index (χ4n) is 2.32. The molecule has 2 rings (SSSR count). The number of hydrogen-bond acceptors (Lipinski definition) is 5. The number of piperidine rings is 1. The normalized spacial score (nSPS) is 21.4. The molecular weight excluding hydrogens is 214 g/mol. The Morgan fingerprint density at radius 2 is 2.35 bits per heavy atom. The van der Waals surface area contributed by atoms with Crippen molar-refractivity contribution >= 4 is 11.6 Å². The van der Waals surface area contributed by atoms with Gasteiger partial charge in [0.25, 0.3) is 0 Å². The minimum absolute atomic E-state index is 0.559. The van der Waals surface area contributed by atoms with Crippen molar-refractivity contribution < 1.29 is 0 Å². The third kappa shape index (κ3) is 3.06. The zero-order valence-electron chi connectivity index (χ0n) is 10.6. The molecule has 0 aliphatic carbocycles. The standard InChI is InChI=1S/C12H21N5/c1-9-11(13)15-8-16-12(9)14-6-10-4-3-5-17(2)7-10/h8,10H,3-7H2,1-2H3,(H3,13,14,15,16). The van der Waals surface area contributed by atoms with Gasteiger partial charge in [-0.2, -0.15) is 0 Å². The van der Waals surface area contributed by atoms with Gasteiger partial charge in [-0.05, 0) is 39.3 Å². The molecule has 0 aromatic carbocycles. The summed E-state index contributed by atoms with van der Waals surface area (Å²) < 4.78 is 0. The fraction of sp³-hybridized carbons (Fsp3) is 0.667. The van der Waals surface area contributed by atoms with E-state index in [0.717, 1.165) is 24.5 Å². The van der Waals surface area contributed by atoms with Gasteiger partial charge in [-0.25, -0.2) is 9.97 Å². The summed E-state index contributed by atoms with van der Waals surface area (Å²) in [5.41, 5.74) is 6.69. The van der Waals surface area contributed by atoms with Crippen LogP contribution in [0.5, 0.6) is 0 Å². The lowest BCUT2D eigenvalue weighted by atomic mass is 9.98. The van der Waals surface area contributed by atoms with E-state index in [-0.39, 0.29) is 0 Å². The van der Waals surface area contributed by atoms with Crippen LogP contribution in [0, 0.1) is 12.8 Å². The highest BCUT2D eigenvalue weighted by Crippen LogP contribution is 2.18. The first-order chi connectivity index (χ1) is 8.16. The smallest absolute Gasteiger partial charge is 0.134 e. The monoisotopic (exact) mass is 235 g/mol. The molecule has 94 valence electrons. The molecule has 1 aliphatic rings. The molecule has 1 fully saturated rings. The summed E-state index contributed by atoms with van der Waals surface area (Å²) >= 11 is 0. The summed E-state index contributed by atoms with van der Waals surface area (Å²) in [6.45, 7) is 5.29. The molecule has 5 heteroatoms. The molecule has 5 nitrogen and oxygen atoms in total. The van der Waals surface area contributed by atoms with Gasteiger partial charge < -0.3 is 16.0 Å². The van der Waals surface area contributed by atoms with Crippen LogP contribution in [0.2, 0.25) is 0 Å². The molecule has 0 spiro atoms. The summed E-state index contributed by atoms with van der Waals surface area (Å²) in [6, 6.07) is 0. The molecule has 1 atom stereocenters. The maximum atomic E-state index is 5.75. The van der Waals surface area contributed by atoms with Crippen LogP contribution >= 0.6 is 0 Å². The first kappa shape index (κ1) is 12.1. The van der Waals surface area contributed by atoms with Crippen LogP contribution in [0.15, 0.2) is 6.33 Å². The first-order valence-corrected chi connectivity index (χ1v) is 6.16. The average molecular weight is 235 g/mol. The lowest BCUT2D eigenvalue weighted by Crippen LogP contribution is -2.35. The van der Waals surface area contributed by atoms with E-state index >= 15 is 0 Å².